The zero-order valence-corrected chi connectivity index (χ0v) is 24.9. The SMILES string of the molecule is CCN(CCc1ccccc1C(F)(F)F)C(=O)CNC(=O)[C@@H](CCCN=C(N)N)NC(=O)[C@H](Cc1ccc(O)cc1)N=C(N)N. The van der Waals surface area contributed by atoms with E-state index in [0.717, 1.165) is 6.07 Å². The number of benzene rings is 2. The van der Waals surface area contributed by atoms with E-state index in [-0.39, 0.29) is 68.5 Å². The number of guanidine groups is 2. The van der Waals surface area contributed by atoms with Gasteiger partial charge in [0, 0.05) is 26.1 Å². The fraction of sp³-hybridized carbons (Fsp3) is 0.414. The Morgan fingerprint density at radius 2 is 1.64 bits per heavy atom. The van der Waals surface area contributed by atoms with Crippen LogP contribution in [-0.2, 0) is 33.4 Å². The number of halogens is 3. The fourth-order valence-electron chi connectivity index (χ4n) is 4.40. The van der Waals surface area contributed by atoms with Crippen LogP contribution in [0.25, 0.3) is 0 Å². The van der Waals surface area contributed by atoms with Gasteiger partial charge in [-0.1, -0.05) is 30.3 Å². The largest absolute Gasteiger partial charge is 0.508 e. The lowest BCUT2D eigenvalue weighted by molar-refractivity contribution is -0.138. The molecule has 45 heavy (non-hydrogen) atoms. The van der Waals surface area contributed by atoms with Gasteiger partial charge in [0.15, 0.2) is 11.9 Å². The number of nitrogens with one attached hydrogen (secondary N) is 2. The zero-order chi connectivity index (χ0) is 33.6. The number of hydrogen-bond donors (Lipinski definition) is 7. The van der Waals surface area contributed by atoms with Crippen LogP contribution >= 0.6 is 0 Å². The Bertz CT molecular complexity index is 1340. The maximum atomic E-state index is 13.4. The van der Waals surface area contributed by atoms with E-state index >= 15 is 0 Å². The third-order valence-electron chi connectivity index (χ3n) is 6.67. The minimum atomic E-state index is -4.53. The second-order valence-corrected chi connectivity index (χ2v) is 10.0. The molecule has 0 radical (unpaired) electrons. The third kappa shape index (κ3) is 12.6. The molecule has 0 aromatic heterocycles. The normalized spacial score (nSPS) is 12.4. The molecule has 0 aliphatic rings. The lowest BCUT2D eigenvalue weighted by Crippen LogP contribution is -2.52. The van der Waals surface area contributed by atoms with Crippen molar-refractivity contribution in [2.75, 3.05) is 26.2 Å². The summed E-state index contributed by atoms with van der Waals surface area (Å²) < 4.78 is 40.1. The fourth-order valence-corrected chi connectivity index (χ4v) is 4.40. The average molecular weight is 636 g/mol. The number of phenolic OH excluding ortho intramolecular Hbond substituents is 1. The Kier molecular flexibility index (Phi) is 13.9. The number of alkyl halides is 3. The van der Waals surface area contributed by atoms with Crippen LogP contribution in [0.4, 0.5) is 13.2 Å². The van der Waals surface area contributed by atoms with Gasteiger partial charge in [-0.15, -0.1) is 0 Å². The number of nitrogens with zero attached hydrogens (tertiary/aromatic N) is 3. The molecular formula is C29H40F3N9O4. The number of hydrogen-bond acceptors (Lipinski definition) is 6. The Morgan fingerprint density at radius 1 is 0.978 bits per heavy atom. The average Bonchev–Trinajstić information content (AvgIpc) is 2.97. The Labute approximate surface area is 258 Å². The molecule has 13 nitrogen and oxygen atoms in total. The highest BCUT2D eigenvalue weighted by atomic mass is 19.4. The first-order valence-electron chi connectivity index (χ1n) is 14.1. The van der Waals surface area contributed by atoms with Gasteiger partial charge < -0.3 is 43.6 Å². The van der Waals surface area contributed by atoms with E-state index in [2.05, 4.69) is 20.6 Å². The highest BCUT2D eigenvalue weighted by molar-refractivity contribution is 5.93. The number of carbonyl (C=O) groups excluding carboxylic acids is 3. The van der Waals surface area contributed by atoms with E-state index in [9.17, 15) is 32.7 Å². The van der Waals surface area contributed by atoms with Gasteiger partial charge in [-0.3, -0.25) is 19.4 Å². The number of nitrogens with two attached hydrogens (primary N) is 4. The second kappa shape index (κ2) is 17.3. The van der Waals surface area contributed by atoms with E-state index in [1.54, 1.807) is 19.1 Å². The van der Waals surface area contributed by atoms with E-state index in [1.807, 2.05) is 0 Å². The molecule has 0 heterocycles. The molecule has 0 bridgehead atoms. The van der Waals surface area contributed by atoms with E-state index in [1.165, 1.54) is 35.2 Å². The molecule has 11 N–H and O–H groups in total. The van der Waals surface area contributed by atoms with Crippen molar-refractivity contribution in [3.63, 3.8) is 0 Å². The molecule has 16 heteroatoms. The van der Waals surface area contributed by atoms with Crippen molar-refractivity contribution in [2.45, 2.75) is 50.9 Å². The summed E-state index contributed by atoms with van der Waals surface area (Å²) in [7, 11) is 0. The van der Waals surface area contributed by atoms with Crippen molar-refractivity contribution in [1.29, 1.82) is 0 Å². The van der Waals surface area contributed by atoms with Crippen molar-refractivity contribution in [3.05, 3.63) is 65.2 Å². The topological polar surface area (TPSA) is 228 Å². The van der Waals surface area contributed by atoms with Crippen LogP contribution in [0.2, 0.25) is 0 Å². The van der Waals surface area contributed by atoms with Gasteiger partial charge in [-0.2, -0.15) is 13.2 Å². The molecule has 2 rings (SSSR count). The molecule has 2 aromatic carbocycles. The standard InChI is InChI=1S/C29H40F3N9O4/c1-2-41(15-13-19-6-3-4-7-21(19)29(30,31)32)24(43)17-38-25(44)22(8-5-14-37-27(33)34)39-26(45)23(40-28(35)36)16-18-9-11-20(42)12-10-18/h3-4,6-7,9-12,22-23,42H,2,5,8,13-17H2,1H3,(H,38,44)(H,39,45)(H4,33,34,37)(H4,35,36,40)/t22-,23+/m1/s1. The monoisotopic (exact) mass is 635 g/mol. The predicted molar refractivity (Wildman–Crippen MR) is 164 cm³/mol. The van der Waals surface area contributed by atoms with Crippen molar-refractivity contribution in [3.8, 4) is 5.75 Å². The number of rotatable bonds is 16. The second-order valence-electron chi connectivity index (χ2n) is 10.0. The Balaban J connectivity index is 2.11. The Morgan fingerprint density at radius 3 is 2.24 bits per heavy atom. The first kappa shape index (κ1) is 36.2. The van der Waals surface area contributed by atoms with Crippen LogP contribution in [0.15, 0.2) is 58.5 Å². The minimum absolute atomic E-state index is 0.00552. The third-order valence-corrected chi connectivity index (χ3v) is 6.67. The van der Waals surface area contributed by atoms with Crippen LogP contribution in [-0.4, -0.2) is 77.9 Å². The lowest BCUT2D eigenvalue weighted by Gasteiger charge is -2.24. The molecule has 0 aliphatic heterocycles. The van der Waals surface area contributed by atoms with Crippen molar-refractivity contribution in [2.24, 2.45) is 32.9 Å². The molecular weight excluding hydrogens is 595 g/mol. The van der Waals surface area contributed by atoms with Gasteiger partial charge in [0.2, 0.25) is 17.7 Å². The summed E-state index contributed by atoms with van der Waals surface area (Å²) in [6, 6.07) is 8.92. The molecule has 0 aliphatic carbocycles. The molecule has 0 unspecified atom stereocenters. The van der Waals surface area contributed by atoms with Gasteiger partial charge >= 0.3 is 6.18 Å². The maximum absolute atomic E-state index is 13.4. The van der Waals surface area contributed by atoms with Gasteiger partial charge in [-0.05, 0) is 55.5 Å². The molecule has 3 amide bonds. The number of aromatic hydroxyl groups is 1. The van der Waals surface area contributed by atoms with Gasteiger partial charge in [0.25, 0.3) is 0 Å². The van der Waals surface area contributed by atoms with Gasteiger partial charge in [0.1, 0.15) is 17.8 Å². The van der Waals surface area contributed by atoms with E-state index in [4.69, 9.17) is 22.9 Å². The zero-order valence-electron chi connectivity index (χ0n) is 24.9. The number of carbonyl (C=O) groups is 3. The number of phenols is 1. The predicted octanol–water partition coefficient (Wildman–Crippen LogP) is 0.341. The van der Waals surface area contributed by atoms with Crippen LogP contribution in [0, 0.1) is 0 Å². The van der Waals surface area contributed by atoms with Crippen molar-refractivity contribution in [1.82, 2.24) is 15.5 Å². The van der Waals surface area contributed by atoms with Crippen LogP contribution in [0.5, 0.6) is 5.75 Å². The summed E-state index contributed by atoms with van der Waals surface area (Å²) in [6.45, 7) is 1.56. The number of likely N-dealkylation sites (N-methyl/N-ethyl adjacent to an activating group) is 1. The first-order valence-corrected chi connectivity index (χ1v) is 14.1. The molecule has 2 atom stereocenters. The van der Waals surface area contributed by atoms with Crippen molar-refractivity contribution < 1.29 is 32.7 Å². The molecule has 246 valence electrons. The lowest BCUT2D eigenvalue weighted by atomic mass is 10.0. The van der Waals surface area contributed by atoms with Crippen LogP contribution in [0.1, 0.15) is 36.5 Å². The van der Waals surface area contributed by atoms with Crippen LogP contribution in [0.3, 0.4) is 0 Å². The summed E-state index contributed by atoms with van der Waals surface area (Å²) in [5.74, 6) is -2.36. The molecule has 0 spiro atoms. The molecule has 0 fully saturated rings. The summed E-state index contributed by atoms with van der Waals surface area (Å²) >= 11 is 0. The summed E-state index contributed by atoms with van der Waals surface area (Å²) in [5, 5.41) is 14.7. The molecule has 0 saturated carbocycles. The number of aliphatic imine (C=N–C) groups is 2. The first-order chi connectivity index (χ1) is 21.2. The Hall–Kier alpha value is -5.02. The smallest absolute Gasteiger partial charge is 0.416 e. The maximum Gasteiger partial charge on any atom is 0.416 e. The van der Waals surface area contributed by atoms with E-state index < -0.39 is 48.1 Å². The highest BCUT2D eigenvalue weighted by Gasteiger charge is 2.33. The van der Waals surface area contributed by atoms with Gasteiger partial charge in [0.05, 0.1) is 12.1 Å². The highest BCUT2D eigenvalue weighted by Crippen LogP contribution is 2.32. The molecule has 2 aromatic rings. The summed E-state index contributed by atoms with van der Waals surface area (Å²) in [5.41, 5.74) is 21.7. The quantitative estimate of drug-likeness (QED) is 0.0771. The van der Waals surface area contributed by atoms with Crippen LogP contribution < -0.4 is 33.6 Å². The molecule has 0 saturated heterocycles. The van der Waals surface area contributed by atoms with Crippen molar-refractivity contribution >= 4 is 29.6 Å². The summed E-state index contributed by atoms with van der Waals surface area (Å²) in [6.07, 6.45) is -4.15. The van der Waals surface area contributed by atoms with E-state index in [0.29, 0.717) is 5.56 Å². The van der Waals surface area contributed by atoms with Gasteiger partial charge in [-0.25, -0.2) is 4.99 Å². The number of amides is 3. The minimum Gasteiger partial charge on any atom is -0.508 e. The summed E-state index contributed by atoms with van der Waals surface area (Å²) in [4.78, 5) is 48.5.